The molecule has 12 heteroatoms. The molecule has 0 aliphatic heterocycles. The number of aromatic nitrogens is 2. The topological polar surface area (TPSA) is 200 Å². The molecule has 0 aromatic carbocycles. The van der Waals surface area contributed by atoms with Crippen LogP contribution in [0.15, 0.2) is 12.5 Å². The molecule has 0 aliphatic carbocycles. The molecule has 8 N–H and O–H groups in total. The van der Waals surface area contributed by atoms with E-state index in [0.29, 0.717) is 5.69 Å². The van der Waals surface area contributed by atoms with E-state index < -0.39 is 60.4 Å². The predicted octanol–water partition coefficient (Wildman–Crippen LogP) is -1.49. The number of nitrogens with zero attached hydrogens (tertiary/aromatic N) is 1. The van der Waals surface area contributed by atoms with E-state index in [4.69, 9.17) is 5.73 Å². The number of H-pyrrole nitrogens is 1. The number of hydrogen-bond donors (Lipinski definition) is 7. The zero-order valence-electron chi connectivity index (χ0n) is 18.8. The maximum absolute atomic E-state index is 12.8. The van der Waals surface area contributed by atoms with Crippen molar-refractivity contribution in [1.29, 1.82) is 0 Å². The number of carboxylic acid groups (broad SMARTS) is 1. The van der Waals surface area contributed by atoms with E-state index in [-0.39, 0.29) is 18.8 Å². The Morgan fingerprint density at radius 2 is 1.62 bits per heavy atom. The van der Waals surface area contributed by atoms with Crippen LogP contribution >= 0.6 is 0 Å². The van der Waals surface area contributed by atoms with Gasteiger partial charge < -0.3 is 36.9 Å². The van der Waals surface area contributed by atoms with E-state index in [1.807, 2.05) is 13.8 Å². The Labute approximate surface area is 186 Å². The van der Waals surface area contributed by atoms with Crippen molar-refractivity contribution in [2.45, 2.75) is 64.7 Å². The smallest absolute Gasteiger partial charge is 0.326 e. The number of imidazole rings is 1. The van der Waals surface area contributed by atoms with Crippen LogP contribution in [0.4, 0.5) is 0 Å². The lowest BCUT2D eigenvalue weighted by molar-refractivity contribution is -0.143. The summed E-state index contributed by atoms with van der Waals surface area (Å²) in [6, 6.07) is -4.50. The summed E-state index contributed by atoms with van der Waals surface area (Å²) in [5.74, 6) is -3.70. The third kappa shape index (κ3) is 8.63. The Bertz CT molecular complexity index is 767. The summed E-state index contributed by atoms with van der Waals surface area (Å²) in [6.45, 7) is 6.20. The molecule has 1 aromatic heterocycles. The van der Waals surface area contributed by atoms with Crippen molar-refractivity contribution in [1.82, 2.24) is 25.9 Å². The highest BCUT2D eigenvalue weighted by Gasteiger charge is 2.31. The van der Waals surface area contributed by atoms with E-state index in [9.17, 15) is 29.4 Å². The Balaban J connectivity index is 2.82. The maximum atomic E-state index is 12.8. The van der Waals surface area contributed by atoms with Gasteiger partial charge in [-0.1, -0.05) is 27.7 Å². The molecule has 0 fully saturated rings. The van der Waals surface area contributed by atoms with Gasteiger partial charge in [-0.25, -0.2) is 9.78 Å². The van der Waals surface area contributed by atoms with Gasteiger partial charge >= 0.3 is 5.97 Å². The highest BCUT2D eigenvalue weighted by molar-refractivity contribution is 5.94. The van der Waals surface area contributed by atoms with Crippen LogP contribution in [0.25, 0.3) is 0 Å². The first-order chi connectivity index (χ1) is 15.0. The number of amides is 3. The van der Waals surface area contributed by atoms with Crippen LogP contribution in [0, 0.1) is 11.8 Å². The number of aliphatic carboxylic acids is 1. The highest BCUT2D eigenvalue weighted by atomic mass is 16.4. The van der Waals surface area contributed by atoms with Gasteiger partial charge in [0.25, 0.3) is 0 Å². The van der Waals surface area contributed by atoms with Gasteiger partial charge in [0.1, 0.15) is 18.1 Å². The minimum Gasteiger partial charge on any atom is -0.480 e. The van der Waals surface area contributed by atoms with Crippen LogP contribution in [0.2, 0.25) is 0 Å². The molecular formula is C20H34N6O6. The molecule has 180 valence electrons. The molecule has 1 rings (SSSR count). The number of aliphatic hydroxyl groups excluding tert-OH is 1. The number of aliphatic hydroxyl groups is 1. The van der Waals surface area contributed by atoms with Gasteiger partial charge in [0.05, 0.1) is 19.0 Å². The summed E-state index contributed by atoms with van der Waals surface area (Å²) in [4.78, 5) is 55.7. The SMILES string of the molecule is CC(C)CC(NC(=O)C(N)Cc1cnc[nH]1)C(=O)NC(CO)C(=O)NC(C(=O)O)C(C)C. The highest BCUT2D eigenvalue weighted by Crippen LogP contribution is 2.07. The molecule has 32 heavy (non-hydrogen) atoms. The monoisotopic (exact) mass is 454 g/mol. The summed E-state index contributed by atoms with van der Waals surface area (Å²) in [5, 5.41) is 26.1. The standard InChI is InChI=1S/C20H34N6O6/c1-10(2)5-14(24-17(28)13(21)6-12-7-22-9-23-12)18(29)25-15(8-27)19(30)26-16(11(3)4)20(31)32/h7,9-11,13-16,27H,5-6,8,21H2,1-4H3,(H,22,23)(H,24,28)(H,25,29)(H,26,30)(H,31,32). The first-order valence-electron chi connectivity index (χ1n) is 10.4. The number of carbonyl (C=O) groups is 4. The van der Waals surface area contributed by atoms with E-state index >= 15 is 0 Å². The lowest BCUT2D eigenvalue weighted by Crippen LogP contribution is -2.58. The Morgan fingerprint density at radius 1 is 1.03 bits per heavy atom. The van der Waals surface area contributed by atoms with Crippen molar-refractivity contribution < 1.29 is 29.4 Å². The molecule has 4 unspecified atom stereocenters. The summed E-state index contributed by atoms with van der Waals surface area (Å²) in [6.07, 6.45) is 3.45. The van der Waals surface area contributed by atoms with E-state index in [1.165, 1.54) is 12.5 Å². The fraction of sp³-hybridized carbons (Fsp3) is 0.650. The summed E-state index contributed by atoms with van der Waals surface area (Å²) in [7, 11) is 0. The predicted molar refractivity (Wildman–Crippen MR) is 115 cm³/mol. The molecule has 0 aliphatic rings. The zero-order chi connectivity index (χ0) is 24.4. The van der Waals surface area contributed by atoms with Crippen molar-refractivity contribution in [2.24, 2.45) is 17.6 Å². The molecule has 0 saturated carbocycles. The van der Waals surface area contributed by atoms with Crippen molar-refractivity contribution in [2.75, 3.05) is 6.61 Å². The minimum absolute atomic E-state index is 0.0219. The lowest BCUT2D eigenvalue weighted by Gasteiger charge is -2.25. The summed E-state index contributed by atoms with van der Waals surface area (Å²) in [5.41, 5.74) is 6.58. The third-order valence-corrected chi connectivity index (χ3v) is 4.72. The second-order valence-corrected chi connectivity index (χ2v) is 8.39. The van der Waals surface area contributed by atoms with Crippen molar-refractivity contribution in [3.8, 4) is 0 Å². The third-order valence-electron chi connectivity index (χ3n) is 4.72. The number of hydrogen-bond acceptors (Lipinski definition) is 7. The number of nitrogens with one attached hydrogen (secondary N) is 4. The average Bonchev–Trinajstić information content (AvgIpc) is 3.21. The molecule has 0 saturated heterocycles. The van der Waals surface area contributed by atoms with Crippen LogP contribution in [-0.4, -0.2) is 74.6 Å². The number of carboxylic acids is 1. The van der Waals surface area contributed by atoms with Gasteiger partial charge in [-0.05, 0) is 18.3 Å². The molecular weight excluding hydrogens is 420 g/mol. The molecule has 0 bridgehead atoms. The summed E-state index contributed by atoms with van der Waals surface area (Å²) < 4.78 is 0. The van der Waals surface area contributed by atoms with Crippen LogP contribution in [0.3, 0.4) is 0 Å². The second kappa shape index (κ2) is 12.8. The first kappa shape index (κ1) is 27.0. The largest absolute Gasteiger partial charge is 0.480 e. The molecule has 0 spiro atoms. The van der Waals surface area contributed by atoms with Crippen molar-refractivity contribution in [3.63, 3.8) is 0 Å². The lowest BCUT2D eigenvalue weighted by atomic mass is 10.0. The molecule has 1 aromatic rings. The van der Waals surface area contributed by atoms with Gasteiger partial charge in [-0.3, -0.25) is 14.4 Å². The van der Waals surface area contributed by atoms with Gasteiger partial charge in [0.2, 0.25) is 17.7 Å². The fourth-order valence-corrected chi connectivity index (χ4v) is 2.94. The Morgan fingerprint density at radius 3 is 2.09 bits per heavy atom. The summed E-state index contributed by atoms with van der Waals surface area (Å²) >= 11 is 0. The van der Waals surface area contributed by atoms with E-state index in [1.54, 1.807) is 13.8 Å². The normalized spacial score (nSPS) is 15.0. The Hall–Kier alpha value is -2.99. The average molecular weight is 455 g/mol. The molecule has 3 amide bonds. The van der Waals surface area contributed by atoms with Crippen LogP contribution in [0.5, 0.6) is 0 Å². The molecule has 12 nitrogen and oxygen atoms in total. The second-order valence-electron chi connectivity index (χ2n) is 8.39. The van der Waals surface area contributed by atoms with Crippen LogP contribution in [0.1, 0.15) is 39.8 Å². The van der Waals surface area contributed by atoms with Crippen LogP contribution < -0.4 is 21.7 Å². The zero-order valence-corrected chi connectivity index (χ0v) is 18.8. The van der Waals surface area contributed by atoms with Gasteiger partial charge in [0.15, 0.2) is 0 Å². The molecule has 0 radical (unpaired) electrons. The number of nitrogens with two attached hydrogens (primary N) is 1. The van der Waals surface area contributed by atoms with Crippen LogP contribution in [-0.2, 0) is 25.6 Å². The molecule has 1 heterocycles. The first-order valence-corrected chi connectivity index (χ1v) is 10.4. The Kier molecular flexibility index (Phi) is 10.8. The van der Waals surface area contributed by atoms with E-state index in [0.717, 1.165) is 0 Å². The van der Waals surface area contributed by atoms with Gasteiger partial charge in [-0.2, -0.15) is 0 Å². The number of rotatable bonds is 13. The number of aromatic amines is 1. The maximum Gasteiger partial charge on any atom is 0.326 e. The fourth-order valence-electron chi connectivity index (χ4n) is 2.94. The van der Waals surface area contributed by atoms with E-state index in [2.05, 4.69) is 25.9 Å². The van der Waals surface area contributed by atoms with Crippen molar-refractivity contribution in [3.05, 3.63) is 18.2 Å². The van der Waals surface area contributed by atoms with Crippen molar-refractivity contribution >= 4 is 23.7 Å². The number of carbonyl (C=O) groups excluding carboxylic acids is 3. The molecule has 4 atom stereocenters. The van der Waals surface area contributed by atoms with Gasteiger partial charge in [0, 0.05) is 18.3 Å². The quantitative estimate of drug-likeness (QED) is 0.187. The minimum atomic E-state index is -1.38. The van der Waals surface area contributed by atoms with Gasteiger partial charge in [-0.15, -0.1) is 0 Å².